The number of hydrogen-bond donors (Lipinski definition) is 0. The monoisotopic (exact) mass is 352 g/mol. The summed E-state index contributed by atoms with van der Waals surface area (Å²) >= 11 is 3.36. The van der Waals surface area contributed by atoms with Crippen LogP contribution in [0.25, 0.3) is 0 Å². The molecule has 0 saturated heterocycles. The molecule has 0 aliphatic carbocycles. The van der Waals surface area contributed by atoms with E-state index in [4.69, 9.17) is 9.47 Å². The molecule has 110 valence electrons. The van der Waals surface area contributed by atoms with Crippen molar-refractivity contribution in [2.24, 2.45) is 0 Å². The van der Waals surface area contributed by atoms with E-state index in [0.29, 0.717) is 34.6 Å². The fraction of sp³-hybridized carbons (Fsp3) is 0.188. The number of ether oxygens (including phenoxy) is 2. The summed E-state index contributed by atoms with van der Waals surface area (Å²) in [7, 11) is 1.60. The second-order valence-electron chi connectivity index (χ2n) is 4.33. The van der Waals surface area contributed by atoms with Crippen molar-refractivity contribution < 1.29 is 18.7 Å². The quantitative estimate of drug-likeness (QED) is 0.585. The third-order valence-electron chi connectivity index (χ3n) is 2.83. The third-order valence-corrected chi connectivity index (χ3v) is 3.45. The summed E-state index contributed by atoms with van der Waals surface area (Å²) in [5, 5.41) is 0. The first kappa shape index (κ1) is 15.7. The summed E-state index contributed by atoms with van der Waals surface area (Å²) in [6.07, 6.45) is 0. The molecule has 0 atom stereocenters. The number of benzene rings is 2. The van der Waals surface area contributed by atoms with Gasteiger partial charge in [-0.2, -0.15) is 0 Å². The number of hydrogen-bond acceptors (Lipinski definition) is 3. The van der Waals surface area contributed by atoms with Gasteiger partial charge in [0.25, 0.3) is 0 Å². The van der Waals surface area contributed by atoms with Gasteiger partial charge in [0.2, 0.25) is 0 Å². The number of rotatable bonds is 6. The molecule has 5 heteroatoms. The Bertz CT molecular complexity index is 643. The average Bonchev–Trinajstić information content (AvgIpc) is 2.48. The Morgan fingerprint density at radius 3 is 2.57 bits per heavy atom. The predicted octanol–water partition coefficient (Wildman–Crippen LogP) is 3.84. The maximum atomic E-state index is 13.2. The lowest BCUT2D eigenvalue weighted by Gasteiger charge is -2.09. The van der Waals surface area contributed by atoms with Gasteiger partial charge in [-0.05, 0) is 46.3 Å². The Kier molecular flexibility index (Phi) is 5.47. The van der Waals surface area contributed by atoms with Crippen LogP contribution in [0.2, 0.25) is 0 Å². The van der Waals surface area contributed by atoms with Crippen molar-refractivity contribution in [3.05, 3.63) is 63.9 Å². The van der Waals surface area contributed by atoms with Crippen molar-refractivity contribution in [3.8, 4) is 5.75 Å². The molecule has 0 N–H and O–H groups in total. The standard InChI is InChI=1S/C16H14BrFO3/c1-20-7-8-21-15-6-5-12(10-14(15)17)16(19)11-3-2-4-13(18)9-11/h2-6,9-10H,7-8H2,1H3. The van der Waals surface area contributed by atoms with Gasteiger partial charge in [-0.15, -0.1) is 0 Å². The minimum Gasteiger partial charge on any atom is -0.490 e. The fourth-order valence-corrected chi connectivity index (χ4v) is 2.28. The van der Waals surface area contributed by atoms with Crippen molar-refractivity contribution in [3.63, 3.8) is 0 Å². The molecule has 0 fully saturated rings. The zero-order valence-corrected chi connectivity index (χ0v) is 13.0. The zero-order valence-electron chi connectivity index (χ0n) is 11.4. The zero-order chi connectivity index (χ0) is 15.2. The van der Waals surface area contributed by atoms with Crippen LogP contribution in [0.3, 0.4) is 0 Å². The van der Waals surface area contributed by atoms with E-state index >= 15 is 0 Å². The maximum Gasteiger partial charge on any atom is 0.193 e. The van der Waals surface area contributed by atoms with E-state index in [1.165, 1.54) is 18.2 Å². The molecule has 2 aromatic carbocycles. The van der Waals surface area contributed by atoms with Crippen LogP contribution in [0.5, 0.6) is 5.75 Å². The van der Waals surface area contributed by atoms with Crippen LogP contribution in [0.1, 0.15) is 15.9 Å². The highest BCUT2D eigenvalue weighted by Gasteiger charge is 2.12. The van der Waals surface area contributed by atoms with Gasteiger partial charge in [0, 0.05) is 18.2 Å². The van der Waals surface area contributed by atoms with Gasteiger partial charge in [0.15, 0.2) is 5.78 Å². The highest BCUT2D eigenvalue weighted by molar-refractivity contribution is 9.10. The summed E-state index contributed by atoms with van der Waals surface area (Å²) in [4.78, 5) is 12.3. The first-order valence-corrected chi connectivity index (χ1v) is 7.12. The smallest absolute Gasteiger partial charge is 0.193 e. The Balaban J connectivity index is 2.17. The molecule has 2 aromatic rings. The van der Waals surface area contributed by atoms with Gasteiger partial charge >= 0.3 is 0 Å². The minimum atomic E-state index is -0.431. The summed E-state index contributed by atoms with van der Waals surface area (Å²) in [6, 6.07) is 10.6. The normalized spacial score (nSPS) is 10.4. The molecular weight excluding hydrogens is 339 g/mol. The molecule has 0 aliphatic heterocycles. The minimum absolute atomic E-state index is 0.237. The van der Waals surface area contributed by atoms with Crippen LogP contribution in [0.4, 0.5) is 4.39 Å². The first-order valence-electron chi connectivity index (χ1n) is 6.33. The van der Waals surface area contributed by atoms with Crippen molar-refractivity contribution in [2.75, 3.05) is 20.3 Å². The van der Waals surface area contributed by atoms with Gasteiger partial charge in [0.05, 0.1) is 11.1 Å². The summed E-state index contributed by atoms with van der Waals surface area (Å²) < 4.78 is 24.2. The van der Waals surface area contributed by atoms with Crippen molar-refractivity contribution in [2.45, 2.75) is 0 Å². The second kappa shape index (κ2) is 7.33. The number of carbonyl (C=O) groups excluding carboxylic acids is 1. The Labute approximate surface area is 130 Å². The van der Waals surface area contributed by atoms with Crippen LogP contribution in [0, 0.1) is 5.82 Å². The Hall–Kier alpha value is -1.72. The predicted molar refractivity (Wildman–Crippen MR) is 81.3 cm³/mol. The van der Waals surface area contributed by atoms with E-state index < -0.39 is 5.82 Å². The van der Waals surface area contributed by atoms with Gasteiger partial charge in [-0.25, -0.2) is 4.39 Å². The molecule has 0 bridgehead atoms. The fourth-order valence-electron chi connectivity index (χ4n) is 1.79. The van der Waals surface area contributed by atoms with Gasteiger partial charge in [0.1, 0.15) is 18.2 Å². The van der Waals surface area contributed by atoms with Crippen LogP contribution in [0.15, 0.2) is 46.9 Å². The Morgan fingerprint density at radius 1 is 1.14 bits per heavy atom. The number of methoxy groups -OCH3 is 1. The molecule has 2 rings (SSSR count). The molecule has 0 aromatic heterocycles. The van der Waals surface area contributed by atoms with E-state index in [0.717, 1.165) is 0 Å². The van der Waals surface area contributed by atoms with E-state index in [9.17, 15) is 9.18 Å². The molecule has 0 unspecified atom stereocenters. The van der Waals surface area contributed by atoms with E-state index in [1.807, 2.05) is 0 Å². The number of carbonyl (C=O) groups is 1. The van der Waals surface area contributed by atoms with Crippen LogP contribution in [-0.4, -0.2) is 26.1 Å². The van der Waals surface area contributed by atoms with Crippen molar-refractivity contribution in [1.82, 2.24) is 0 Å². The topological polar surface area (TPSA) is 35.5 Å². The first-order chi connectivity index (χ1) is 10.1. The van der Waals surface area contributed by atoms with Crippen LogP contribution in [-0.2, 0) is 4.74 Å². The SMILES string of the molecule is COCCOc1ccc(C(=O)c2cccc(F)c2)cc1Br. The van der Waals surface area contributed by atoms with Crippen LogP contribution < -0.4 is 4.74 Å². The summed E-state index contributed by atoms with van der Waals surface area (Å²) in [5.41, 5.74) is 0.779. The van der Waals surface area contributed by atoms with Crippen molar-refractivity contribution >= 4 is 21.7 Å². The number of ketones is 1. The summed E-state index contributed by atoms with van der Waals surface area (Å²) in [5.74, 6) is -0.0408. The molecule has 0 amide bonds. The lowest BCUT2D eigenvalue weighted by molar-refractivity contribution is 0.103. The van der Waals surface area contributed by atoms with E-state index in [1.54, 1.807) is 31.4 Å². The maximum absolute atomic E-state index is 13.2. The molecule has 21 heavy (non-hydrogen) atoms. The second-order valence-corrected chi connectivity index (χ2v) is 5.18. The van der Waals surface area contributed by atoms with Crippen molar-refractivity contribution in [1.29, 1.82) is 0 Å². The molecule has 0 aliphatic rings. The van der Waals surface area contributed by atoms with Crippen LogP contribution >= 0.6 is 15.9 Å². The highest BCUT2D eigenvalue weighted by atomic mass is 79.9. The molecule has 0 radical (unpaired) electrons. The number of halogens is 2. The van der Waals surface area contributed by atoms with E-state index in [2.05, 4.69) is 15.9 Å². The molecule has 0 spiro atoms. The summed E-state index contributed by atoms with van der Waals surface area (Å²) in [6.45, 7) is 0.905. The lowest BCUT2D eigenvalue weighted by atomic mass is 10.0. The molecule has 3 nitrogen and oxygen atoms in total. The largest absolute Gasteiger partial charge is 0.490 e. The average molecular weight is 353 g/mol. The molecular formula is C16H14BrFO3. The molecule has 0 saturated carbocycles. The molecule has 0 heterocycles. The third kappa shape index (κ3) is 4.12. The Morgan fingerprint density at radius 2 is 1.90 bits per heavy atom. The van der Waals surface area contributed by atoms with E-state index in [-0.39, 0.29) is 5.78 Å². The highest BCUT2D eigenvalue weighted by Crippen LogP contribution is 2.27. The van der Waals surface area contributed by atoms with Gasteiger partial charge < -0.3 is 9.47 Å². The lowest BCUT2D eigenvalue weighted by Crippen LogP contribution is -2.06. The van der Waals surface area contributed by atoms with Gasteiger partial charge in [-0.3, -0.25) is 4.79 Å². The van der Waals surface area contributed by atoms with Gasteiger partial charge in [-0.1, -0.05) is 12.1 Å².